The van der Waals surface area contributed by atoms with Gasteiger partial charge in [-0.25, -0.2) is 0 Å². The standard InChI is InChI=1S/C26H37NO17/c1-10(28)35-8-17-20(22(38-13(4)31)19(27)25(42-17)41-16(7)34)44-26-24(40-15(6)33)23(39-14(5)32)21(37-12(3)30)18(43-26)9-36-11(2)29/h17-26H,8-9,27H2,1-7H3/t17-,18-,19-,20-,21+,22-,23+,24-,25-,26?/m1/s1/i2D,3D,5D,6D. The van der Waals surface area contributed by atoms with Gasteiger partial charge in [-0.1, -0.05) is 0 Å². The van der Waals surface area contributed by atoms with Crippen molar-refractivity contribution in [3.8, 4) is 0 Å². The fourth-order valence-corrected chi connectivity index (χ4v) is 4.34. The van der Waals surface area contributed by atoms with E-state index >= 15 is 0 Å². The van der Waals surface area contributed by atoms with Crippen LogP contribution in [0.15, 0.2) is 0 Å². The van der Waals surface area contributed by atoms with E-state index in [-0.39, 0.29) is 0 Å². The molecule has 0 aromatic heterocycles. The number of nitrogens with two attached hydrogens (primary N) is 1. The van der Waals surface area contributed by atoms with E-state index in [9.17, 15) is 33.6 Å². The summed E-state index contributed by atoms with van der Waals surface area (Å²) in [6.45, 7) is -2.07. The molecule has 2 N–H and O–H groups in total. The molecule has 2 aliphatic heterocycles. The van der Waals surface area contributed by atoms with E-state index in [0.29, 0.717) is 0 Å². The van der Waals surface area contributed by atoms with E-state index in [2.05, 4.69) is 0 Å². The molecule has 44 heavy (non-hydrogen) atoms. The van der Waals surface area contributed by atoms with E-state index in [0.717, 1.165) is 20.8 Å². The van der Waals surface area contributed by atoms with E-state index in [4.69, 9.17) is 58.6 Å². The molecule has 10 atom stereocenters. The predicted molar refractivity (Wildman–Crippen MR) is 137 cm³/mol. The molecule has 1 unspecified atom stereocenters. The molecule has 0 amide bonds. The van der Waals surface area contributed by atoms with Crippen LogP contribution in [0.5, 0.6) is 0 Å². The number of carbonyl (C=O) groups is 7. The summed E-state index contributed by atoms with van der Waals surface area (Å²) in [6, 6.07) is -1.47. The Hall–Kier alpha value is -3.87. The molecule has 0 saturated carbocycles. The van der Waals surface area contributed by atoms with Crippen molar-refractivity contribution in [3.05, 3.63) is 0 Å². The third-order valence-electron chi connectivity index (χ3n) is 5.82. The van der Waals surface area contributed by atoms with Gasteiger partial charge in [0, 0.05) is 53.9 Å². The van der Waals surface area contributed by atoms with Crippen LogP contribution in [0.1, 0.15) is 53.9 Å². The average Bonchev–Trinajstić information content (AvgIpc) is 3.03. The first kappa shape index (κ1) is 30.2. The van der Waals surface area contributed by atoms with Crippen molar-refractivity contribution in [1.29, 1.82) is 0 Å². The Labute approximate surface area is 257 Å². The number of esters is 7. The monoisotopic (exact) mass is 639 g/mol. The topological polar surface area (TPSA) is 238 Å². The van der Waals surface area contributed by atoms with Crippen LogP contribution in [0.25, 0.3) is 0 Å². The molecule has 0 bridgehead atoms. The summed E-state index contributed by atoms with van der Waals surface area (Å²) in [4.78, 5) is 84.6. The lowest BCUT2D eigenvalue weighted by molar-refractivity contribution is -0.347. The molecule has 0 spiro atoms. The highest BCUT2D eigenvalue weighted by atomic mass is 16.8. The van der Waals surface area contributed by atoms with Gasteiger partial charge >= 0.3 is 41.8 Å². The molecular weight excluding hydrogens is 598 g/mol. The van der Waals surface area contributed by atoms with Crippen LogP contribution < -0.4 is 5.73 Å². The Morgan fingerprint density at radius 3 is 1.52 bits per heavy atom. The van der Waals surface area contributed by atoms with Crippen LogP contribution in [0.4, 0.5) is 0 Å². The summed E-state index contributed by atoms with van der Waals surface area (Å²) < 4.78 is 83.5. The molecule has 2 aliphatic rings. The van der Waals surface area contributed by atoms with Gasteiger partial charge in [-0.3, -0.25) is 33.6 Å². The Bertz CT molecular complexity index is 1180. The minimum absolute atomic E-state index is 0.627. The van der Waals surface area contributed by atoms with Gasteiger partial charge < -0.3 is 53.1 Å². The van der Waals surface area contributed by atoms with Crippen molar-refractivity contribution in [2.75, 3.05) is 13.2 Å². The number of rotatable bonds is 11. The van der Waals surface area contributed by atoms with Crippen LogP contribution in [0.2, 0.25) is 0 Å². The largest absolute Gasteiger partial charge is 0.463 e. The summed E-state index contributed by atoms with van der Waals surface area (Å²) in [5.74, 6) is -7.30. The molecule has 0 aromatic rings. The average molecular weight is 640 g/mol. The van der Waals surface area contributed by atoms with Crippen molar-refractivity contribution in [1.82, 2.24) is 0 Å². The first-order valence-electron chi connectivity index (χ1n) is 15.6. The third kappa shape index (κ3) is 10.7. The zero-order chi connectivity index (χ0) is 36.1. The molecule has 18 heteroatoms. The SMILES string of the molecule is [2H]CC(=O)OC[C@H]1OC(O[C@H]2[C@H](OC(C)=O)[C@@H](N)[C@H](OC(C)=O)O[C@@H]2COC(C)=O)[C@H](OC(=O)C[2H])[C@@H](OC(=O)C[2H])[C@H]1OC(=O)C[2H]. The number of ether oxygens (including phenoxy) is 10. The minimum atomic E-state index is -1.97. The van der Waals surface area contributed by atoms with Crippen molar-refractivity contribution in [2.45, 2.75) is 110 Å². The van der Waals surface area contributed by atoms with E-state index in [1.165, 1.54) is 0 Å². The summed E-state index contributed by atoms with van der Waals surface area (Å²) in [5, 5.41) is 0. The second-order valence-corrected chi connectivity index (χ2v) is 9.30. The normalized spacial score (nSPS) is 32.6. The van der Waals surface area contributed by atoms with E-state index in [1.807, 2.05) is 0 Å². The maximum Gasteiger partial charge on any atom is 0.304 e. The summed E-state index contributed by atoms with van der Waals surface area (Å²) >= 11 is 0. The highest BCUT2D eigenvalue weighted by molar-refractivity contribution is 5.69. The molecule has 2 saturated heterocycles. The summed E-state index contributed by atoms with van der Waals surface area (Å²) in [7, 11) is 0. The number of carbonyl (C=O) groups excluding carboxylic acids is 7. The summed E-state index contributed by atoms with van der Waals surface area (Å²) in [6.07, 6.45) is -15.5. The molecule has 2 heterocycles. The van der Waals surface area contributed by atoms with Gasteiger partial charge in [-0.15, -0.1) is 0 Å². The quantitative estimate of drug-likeness (QED) is 0.201. The predicted octanol–water partition coefficient (Wildman–Crippen LogP) is -1.44. The van der Waals surface area contributed by atoms with Gasteiger partial charge in [0.1, 0.15) is 37.6 Å². The molecule has 2 rings (SSSR count). The molecule has 0 aliphatic carbocycles. The molecule has 248 valence electrons. The highest BCUT2D eigenvalue weighted by Crippen LogP contribution is 2.34. The zero-order valence-corrected chi connectivity index (χ0v) is 24.0. The smallest absolute Gasteiger partial charge is 0.304 e. The second-order valence-electron chi connectivity index (χ2n) is 9.30. The van der Waals surface area contributed by atoms with Gasteiger partial charge in [0.15, 0.2) is 30.7 Å². The van der Waals surface area contributed by atoms with E-state index < -0.39 is 144 Å². The Morgan fingerprint density at radius 1 is 0.545 bits per heavy atom. The second kappa shape index (κ2) is 16.3. The first-order valence-corrected chi connectivity index (χ1v) is 12.8. The van der Waals surface area contributed by atoms with E-state index in [1.54, 1.807) is 0 Å². The first-order chi connectivity index (χ1) is 22.6. The molecule has 18 nitrogen and oxygen atoms in total. The lowest BCUT2D eigenvalue weighted by atomic mass is 9.95. The highest BCUT2D eigenvalue weighted by Gasteiger charge is 2.56. The maximum absolute atomic E-state index is 12.4. The van der Waals surface area contributed by atoms with Gasteiger partial charge in [-0.05, 0) is 0 Å². The lowest BCUT2D eigenvalue weighted by Crippen LogP contribution is -2.68. The minimum Gasteiger partial charge on any atom is -0.463 e. The van der Waals surface area contributed by atoms with Gasteiger partial charge in [0.2, 0.25) is 6.29 Å². The Morgan fingerprint density at radius 2 is 1.00 bits per heavy atom. The fourth-order valence-electron chi connectivity index (χ4n) is 4.34. The molecule has 2 fully saturated rings. The third-order valence-corrected chi connectivity index (χ3v) is 5.82. The number of hydrogen-bond acceptors (Lipinski definition) is 18. The van der Waals surface area contributed by atoms with Crippen molar-refractivity contribution in [3.63, 3.8) is 0 Å². The Balaban J connectivity index is 2.71. The van der Waals surface area contributed by atoms with Crippen LogP contribution in [-0.2, 0) is 80.9 Å². The van der Waals surface area contributed by atoms with Crippen LogP contribution in [-0.4, -0.2) is 116 Å². The van der Waals surface area contributed by atoms with Crippen molar-refractivity contribution >= 4 is 41.8 Å². The van der Waals surface area contributed by atoms with Gasteiger partial charge in [0.25, 0.3) is 0 Å². The van der Waals surface area contributed by atoms with Crippen LogP contribution >= 0.6 is 0 Å². The van der Waals surface area contributed by atoms with Crippen molar-refractivity contribution < 1.29 is 86.4 Å². The maximum atomic E-state index is 12.4. The molecule has 0 aromatic carbocycles. The van der Waals surface area contributed by atoms with Gasteiger partial charge in [-0.2, -0.15) is 0 Å². The number of hydrogen-bond donors (Lipinski definition) is 1. The van der Waals surface area contributed by atoms with Crippen molar-refractivity contribution in [2.24, 2.45) is 5.73 Å². The van der Waals surface area contributed by atoms with Gasteiger partial charge in [0.05, 0.1) is 0 Å². The van der Waals surface area contributed by atoms with Crippen LogP contribution in [0, 0.1) is 0 Å². The Kier molecular flexibility index (Phi) is 11.2. The van der Waals surface area contributed by atoms with Crippen LogP contribution in [0.3, 0.4) is 0 Å². The lowest BCUT2D eigenvalue weighted by Gasteiger charge is -2.48. The molecular formula is C26H37NO17. The zero-order valence-electron chi connectivity index (χ0n) is 28.0. The summed E-state index contributed by atoms with van der Waals surface area (Å²) in [5.41, 5.74) is 6.24. The molecule has 0 radical (unpaired) electrons. The fraction of sp³-hybridized carbons (Fsp3) is 0.731.